The van der Waals surface area contributed by atoms with Crippen LogP contribution >= 0.6 is 0 Å². The summed E-state index contributed by atoms with van der Waals surface area (Å²) in [6.07, 6.45) is 1.39. The summed E-state index contributed by atoms with van der Waals surface area (Å²) in [4.78, 5) is 8.68. The molecule has 170 valence electrons. The number of para-hydroxylation sites is 2. The van der Waals surface area contributed by atoms with Gasteiger partial charge in [-0.3, -0.25) is 0 Å². The van der Waals surface area contributed by atoms with E-state index in [-0.39, 0.29) is 4.90 Å². The molecule has 0 atom stereocenters. The molecule has 0 unspecified atom stereocenters. The number of hydrogen-bond donors (Lipinski definition) is 3. The van der Waals surface area contributed by atoms with Crippen LogP contribution in [0.2, 0.25) is 0 Å². The lowest BCUT2D eigenvalue weighted by atomic mass is 10.3. The standard InChI is InChI=1S/C22H28N6O3S/c1-4-28(5-2)32(29,30)17-13-11-16(12-14-17)26-21-20(23)22(25-15-24-21)27-18-9-7-8-10-19(18)31-6-3/h7-15H,4-6,23H2,1-3H3,(H2,24,25,26,27). The number of nitrogens with zero attached hydrogens (tertiary/aromatic N) is 3. The summed E-state index contributed by atoms with van der Waals surface area (Å²) in [6.45, 7) is 6.90. The van der Waals surface area contributed by atoms with Crippen LogP contribution in [0.3, 0.4) is 0 Å². The van der Waals surface area contributed by atoms with Crippen LogP contribution in [0.1, 0.15) is 20.8 Å². The topological polar surface area (TPSA) is 122 Å². The van der Waals surface area contributed by atoms with Crippen LogP contribution in [-0.2, 0) is 10.0 Å². The summed E-state index contributed by atoms with van der Waals surface area (Å²) in [7, 11) is -3.52. The maximum atomic E-state index is 12.7. The Bertz CT molecular complexity index is 1150. The molecule has 0 saturated carbocycles. The van der Waals surface area contributed by atoms with Gasteiger partial charge in [-0.25, -0.2) is 18.4 Å². The Kier molecular flexibility index (Phi) is 7.49. The zero-order valence-corrected chi connectivity index (χ0v) is 19.2. The van der Waals surface area contributed by atoms with Crippen molar-refractivity contribution in [1.82, 2.24) is 14.3 Å². The Labute approximate surface area is 188 Å². The van der Waals surface area contributed by atoms with Gasteiger partial charge in [0.15, 0.2) is 11.6 Å². The molecular weight excluding hydrogens is 428 g/mol. The minimum absolute atomic E-state index is 0.234. The molecule has 0 saturated heterocycles. The molecular formula is C22H28N6O3S. The number of anilines is 5. The molecule has 0 amide bonds. The van der Waals surface area contributed by atoms with Crippen molar-refractivity contribution in [3.63, 3.8) is 0 Å². The third kappa shape index (κ3) is 5.09. The number of aromatic nitrogens is 2. The number of hydrogen-bond acceptors (Lipinski definition) is 8. The van der Waals surface area contributed by atoms with Gasteiger partial charge in [0, 0.05) is 18.8 Å². The molecule has 3 aromatic rings. The van der Waals surface area contributed by atoms with E-state index in [0.29, 0.717) is 48.5 Å². The Morgan fingerprint density at radius 1 is 0.938 bits per heavy atom. The highest BCUT2D eigenvalue weighted by Gasteiger charge is 2.21. The molecule has 0 radical (unpaired) electrons. The van der Waals surface area contributed by atoms with Crippen molar-refractivity contribution in [2.75, 3.05) is 36.1 Å². The fourth-order valence-corrected chi connectivity index (χ4v) is 4.59. The second-order valence-corrected chi connectivity index (χ2v) is 8.72. The third-order valence-electron chi connectivity index (χ3n) is 4.78. The fraction of sp³-hybridized carbons (Fsp3) is 0.273. The second kappa shape index (κ2) is 10.3. The molecule has 0 aliphatic carbocycles. The average molecular weight is 457 g/mol. The van der Waals surface area contributed by atoms with Crippen LogP contribution < -0.4 is 21.1 Å². The van der Waals surface area contributed by atoms with E-state index in [0.717, 1.165) is 5.69 Å². The number of nitrogen functional groups attached to an aromatic ring is 1. The zero-order chi connectivity index (χ0) is 23.1. The SMILES string of the molecule is CCOc1ccccc1Nc1ncnc(Nc2ccc(S(=O)(=O)N(CC)CC)cc2)c1N. The van der Waals surface area contributed by atoms with E-state index in [2.05, 4.69) is 20.6 Å². The largest absolute Gasteiger partial charge is 0.492 e. The third-order valence-corrected chi connectivity index (χ3v) is 6.85. The van der Waals surface area contributed by atoms with Gasteiger partial charge in [0.25, 0.3) is 0 Å². The molecule has 0 fully saturated rings. The minimum atomic E-state index is -3.52. The molecule has 4 N–H and O–H groups in total. The first-order chi connectivity index (χ1) is 15.4. The van der Waals surface area contributed by atoms with Gasteiger partial charge in [-0.05, 0) is 43.3 Å². The Balaban J connectivity index is 1.81. The highest BCUT2D eigenvalue weighted by atomic mass is 32.2. The van der Waals surface area contributed by atoms with Crippen molar-refractivity contribution < 1.29 is 13.2 Å². The lowest BCUT2D eigenvalue weighted by Gasteiger charge is -2.18. The van der Waals surface area contributed by atoms with Gasteiger partial charge in [0.05, 0.1) is 17.2 Å². The van der Waals surface area contributed by atoms with Crippen molar-refractivity contribution in [2.24, 2.45) is 0 Å². The van der Waals surface area contributed by atoms with E-state index in [4.69, 9.17) is 10.5 Å². The molecule has 32 heavy (non-hydrogen) atoms. The molecule has 0 aliphatic rings. The lowest BCUT2D eigenvalue weighted by molar-refractivity contribution is 0.342. The average Bonchev–Trinajstić information content (AvgIpc) is 2.79. The summed E-state index contributed by atoms with van der Waals surface area (Å²) in [6, 6.07) is 14.0. The molecule has 1 aromatic heterocycles. The molecule has 9 nitrogen and oxygen atoms in total. The lowest BCUT2D eigenvalue weighted by Crippen LogP contribution is -2.30. The van der Waals surface area contributed by atoms with Gasteiger partial charge in [0.1, 0.15) is 17.8 Å². The van der Waals surface area contributed by atoms with Gasteiger partial charge >= 0.3 is 0 Å². The van der Waals surface area contributed by atoms with Gasteiger partial charge in [-0.1, -0.05) is 26.0 Å². The number of sulfonamides is 1. The molecule has 0 aliphatic heterocycles. The van der Waals surface area contributed by atoms with E-state index in [1.807, 2.05) is 45.0 Å². The summed E-state index contributed by atoms with van der Waals surface area (Å²) in [5.74, 6) is 1.51. The number of benzene rings is 2. The van der Waals surface area contributed by atoms with Crippen molar-refractivity contribution in [1.29, 1.82) is 0 Å². The normalized spacial score (nSPS) is 11.4. The molecule has 0 bridgehead atoms. The van der Waals surface area contributed by atoms with Crippen molar-refractivity contribution in [3.05, 3.63) is 54.9 Å². The first-order valence-electron chi connectivity index (χ1n) is 10.4. The first kappa shape index (κ1) is 23.3. The van der Waals surface area contributed by atoms with E-state index < -0.39 is 10.0 Å². The van der Waals surface area contributed by atoms with E-state index in [9.17, 15) is 8.42 Å². The molecule has 1 heterocycles. The van der Waals surface area contributed by atoms with Crippen LogP contribution in [0.25, 0.3) is 0 Å². The highest BCUT2D eigenvalue weighted by Crippen LogP contribution is 2.32. The molecule has 0 spiro atoms. The van der Waals surface area contributed by atoms with Crippen molar-refractivity contribution in [2.45, 2.75) is 25.7 Å². The van der Waals surface area contributed by atoms with E-state index >= 15 is 0 Å². The highest BCUT2D eigenvalue weighted by molar-refractivity contribution is 7.89. The van der Waals surface area contributed by atoms with Gasteiger partial charge in [-0.15, -0.1) is 0 Å². The van der Waals surface area contributed by atoms with Crippen molar-refractivity contribution >= 4 is 38.7 Å². The predicted molar refractivity (Wildman–Crippen MR) is 127 cm³/mol. The minimum Gasteiger partial charge on any atom is -0.492 e. The Hall–Kier alpha value is -3.37. The first-order valence-corrected chi connectivity index (χ1v) is 11.8. The number of nitrogens with one attached hydrogen (secondary N) is 2. The van der Waals surface area contributed by atoms with E-state index in [1.54, 1.807) is 24.3 Å². The maximum absolute atomic E-state index is 12.7. The Morgan fingerprint density at radius 3 is 2.19 bits per heavy atom. The molecule has 10 heteroatoms. The maximum Gasteiger partial charge on any atom is 0.243 e. The van der Waals surface area contributed by atoms with Gasteiger partial charge in [0.2, 0.25) is 10.0 Å². The summed E-state index contributed by atoms with van der Waals surface area (Å²) < 4.78 is 32.4. The smallest absolute Gasteiger partial charge is 0.243 e. The number of nitrogens with two attached hydrogens (primary N) is 1. The summed E-state index contributed by atoms with van der Waals surface area (Å²) in [5, 5.41) is 6.30. The Morgan fingerprint density at radius 2 is 1.56 bits per heavy atom. The van der Waals surface area contributed by atoms with E-state index in [1.165, 1.54) is 10.6 Å². The van der Waals surface area contributed by atoms with Crippen LogP contribution in [0, 0.1) is 0 Å². The predicted octanol–water partition coefficient (Wildman–Crippen LogP) is 3.98. The monoisotopic (exact) mass is 456 g/mol. The number of ether oxygens (including phenoxy) is 1. The van der Waals surface area contributed by atoms with Gasteiger partial charge in [-0.2, -0.15) is 4.31 Å². The quantitative estimate of drug-likeness (QED) is 0.419. The van der Waals surface area contributed by atoms with Gasteiger partial charge < -0.3 is 21.1 Å². The second-order valence-electron chi connectivity index (χ2n) is 6.78. The fourth-order valence-electron chi connectivity index (χ4n) is 3.13. The van der Waals surface area contributed by atoms with Crippen molar-refractivity contribution in [3.8, 4) is 5.75 Å². The van der Waals surface area contributed by atoms with Crippen LogP contribution in [0.5, 0.6) is 5.75 Å². The molecule has 3 rings (SSSR count). The zero-order valence-electron chi connectivity index (χ0n) is 18.4. The van der Waals surface area contributed by atoms with Crippen LogP contribution in [-0.4, -0.2) is 42.4 Å². The summed E-state index contributed by atoms with van der Waals surface area (Å²) >= 11 is 0. The van der Waals surface area contributed by atoms with Crippen LogP contribution in [0.4, 0.5) is 28.7 Å². The van der Waals surface area contributed by atoms with Crippen LogP contribution in [0.15, 0.2) is 59.8 Å². The molecule has 2 aromatic carbocycles. The number of rotatable bonds is 10. The summed E-state index contributed by atoms with van der Waals surface area (Å²) in [5.41, 5.74) is 7.98.